The predicted molar refractivity (Wildman–Crippen MR) is 93.7 cm³/mol. The third kappa shape index (κ3) is 2.29. The van der Waals surface area contributed by atoms with Gasteiger partial charge in [0.2, 0.25) is 0 Å². The average Bonchev–Trinajstić information content (AvgIpc) is 2.62. The summed E-state index contributed by atoms with van der Waals surface area (Å²) in [6.07, 6.45) is 0. The van der Waals surface area contributed by atoms with E-state index in [-0.39, 0.29) is 0 Å². The number of fused-ring (bicyclic) bond motifs is 1. The summed E-state index contributed by atoms with van der Waals surface area (Å²) in [6, 6.07) is 35.0. The SMILES string of the molecule is [c]1ccc2cc(-c3ccccc3-c3ccccc3)ccc2c1. The van der Waals surface area contributed by atoms with Gasteiger partial charge in [0.25, 0.3) is 0 Å². The van der Waals surface area contributed by atoms with Crippen LogP contribution >= 0.6 is 0 Å². The van der Waals surface area contributed by atoms with Crippen molar-refractivity contribution in [2.24, 2.45) is 0 Å². The van der Waals surface area contributed by atoms with Crippen LogP contribution in [0.4, 0.5) is 0 Å². The lowest BCUT2D eigenvalue weighted by molar-refractivity contribution is 1.59. The Labute approximate surface area is 130 Å². The van der Waals surface area contributed by atoms with Crippen molar-refractivity contribution in [3.8, 4) is 22.3 Å². The summed E-state index contributed by atoms with van der Waals surface area (Å²) in [5.74, 6) is 0. The van der Waals surface area contributed by atoms with Crippen LogP contribution in [0, 0.1) is 6.07 Å². The minimum absolute atomic E-state index is 1.23. The fourth-order valence-electron chi connectivity index (χ4n) is 2.90. The molecule has 0 aliphatic rings. The maximum absolute atomic E-state index is 3.13. The first-order valence-corrected chi connectivity index (χ1v) is 7.46. The molecule has 22 heavy (non-hydrogen) atoms. The molecule has 0 heterocycles. The molecule has 0 heteroatoms. The molecule has 4 aromatic carbocycles. The van der Waals surface area contributed by atoms with Gasteiger partial charge in [0, 0.05) is 0 Å². The molecule has 1 radical (unpaired) electrons. The molecule has 0 fully saturated rings. The molecule has 0 nitrogen and oxygen atoms in total. The van der Waals surface area contributed by atoms with Crippen molar-refractivity contribution in [3.05, 3.63) is 97.1 Å². The van der Waals surface area contributed by atoms with Crippen LogP contribution in [0.2, 0.25) is 0 Å². The van der Waals surface area contributed by atoms with Crippen molar-refractivity contribution in [2.45, 2.75) is 0 Å². The zero-order valence-electron chi connectivity index (χ0n) is 12.2. The van der Waals surface area contributed by atoms with E-state index in [4.69, 9.17) is 0 Å². The molecule has 0 bridgehead atoms. The fourth-order valence-corrected chi connectivity index (χ4v) is 2.90. The molecule has 0 spiro atoms. The van der Waals surface area contributed by atoms with E-state index < -0.39 is 0 Å². The molecular formula is C22H15. The van der Waals surface area contributed by atoms with Crippen LogP contribution in [0.15, 0.2) is 91.0 Å². The van der Waals surface area contributed by atoms with Gasteiger partial charge in [0.15, 0.2) is 0 Å². The van der Waals surface area contributed by atoms with Gasteiger partial charge in [-0.05, 0) is 51.2 Å². The first-order chi connectivity index (χ1) is 10.9. The Morgan fingerprint density at radius 2 is 1.27 bits per heavy atom. The second-order valence-electron chi connectivity index (χ2n) is 5.40. The zero-order valence-corrected chi connectivity index (χ0v) is 12.2. The number of benzene rings is 4. The Morgan fingerprint density at radius 1 is 0.545 bits per heavy atom. The van der Waals surface area contributed by atoms with Crippen LogP contribution < -0.4 is 0 Å². The smallest absolute Gasteiger partial charge is 0.0105 e. The lowest BCUT2D eigenvalue weighted by atomic mass is 9.93. The number of hydrogen-bond donors (Lipinski definition) is 0. The highest BCUT2D eigenvalue weighted by atomic mass is 14.1. The standard InChI is InChI=1S/C22H15/c1-2-9-18(10-3-1)21-12-6-7-13-22(21)20-15-14-17-8-4-5-11-19(17)16-20/h1-3,5-16H. The Balaban J connectivity index is 1.92. The first kappa shape index (κ1) is 12.8. The maximum atomic E-state index is 3.13. The highest BCUT2D eigenvalue weighted by Crippen LogP contribution is 2.33. The van der Waals surface area contributed by atoms with Crippen molar-refractivity contribution < 1.29 is 0 Å². The van der Waals surface area contributed by atoms with E-state index in [1.807, 2.05) is 12.1 Å². The number of hydrogen-bond acceptors (Lipinski definition) is 0. The molecule has 0 aliphatic heterocycles. The van der Waals surface area contributed by atoms with E-state index in [0.29, 0.717) is 0 Å². The minimum atomic E-state index is 1.23. The molecule has 0 atom stereocenters. The summed E-state index contributed by atoms with van der Waals surface area (Å²) in [5, 5.41) is 2.47. The van der Waals surface area contributed by atoms with Crippen molar-refractivity contribution in [3.63, 3.8) is 0 Å². The second kappa shape index (κ2) is 5.50. The normalized spacial score (nSPS) is 10.7. The summed E-state index contributed by atoms with van der Waals surface area (Å²) >= 11 is 0. The van der Waals surface area contributed by atoms with Gasteiger partial charge in [-0.1, -0.05) is 78.9 Å². The Morgan fingerprint density at radius 3 is 2.09 bits per heavy atom. The van der Waals surface area contributed by atoms with E-state index in [1.54, 1.807) is 0 Å². The molecule has 0 unspecified atom stereocenters. The summed E-state index contributed by atoms with van der Waals surface area (Å²) in [4.78, 5) is 0. The summed E-state index contributed by atoms with van der Waals surface area (Å²) in [7, 11) is 0. The van der Waals surface area contributed by atoms with Crippen LogP contribution in [0.1, 0.15) is 0 Å². The maximum Gasteiger partial charge on any atom is -0.0105 e. The van der Waals surface area contributed by atoms with Crippen molar-refractivity contribution in [2.75, 3.05) is 0 Å². The molecule has 0 N–H and O–H groups in total. The molecule has 0 saturated heterocycles. The van der Waals surface area contributed by atoms with Gasteiger partial charge in [0.05, 0.1) is 0 Å². The topological polar surface area (TPSA) is 0 Å². The first-order valence-electron chi connectivity index (χ1n) is 7.46. The van der Waals surface area contributed by atoms with Gasteiger partial charge >= 0.3 is 0 Å². The van der Waals surface area contributed by atoms with Crippen molar-refractivity contribution >= 4 is 10.8 Å². The van der Waals surface area contributed by atoms with Gasteiger partial charge in [0.1, 0.15) is 0 Å². The van der Waals surface area contributed by atoms with Crippen LogP contribution in [0.25, 0.3) is 33.0 Å². The molecule has 4 aromatic rings. The quantitative estimate of drug-likeness (QED) is 0.424. The zero-order chi connectivity index (χ0) is 14.8. The lowest BCUT2D eigenvalue weighted by Crippen LogP contribution is -1.85. The summed E-state index contributed by atoms with van der Waals surface area (Å²) in [6.45, 7) is 0. The van der Waals surface area contributed by atoms with Crippen molar-refractivity contribution in [1.29, 1.82) is 0 Å². The Kier molecular flexibility index (Phi) is 3.21. The van der Waals surface area contributed by atoms with Gasteiger partial charge in [-0.2, -0.15) is 0 Å². The molecular weight excluding hydrogens is 264 g/mol. The molecule has 0 aromatic heterocycles. The molecule has 0 amide bonds. The third-order valence-corrected chi connectivity index (χ3v) is 4.01. The fraction of sp³-hybridized carbons (Fsp3) is 0. The minimum Gasteiger partial charge on any atom is -0.0622 e. The highest BCUT2D eigenvalue weighted by molar-refractivity contribution is 5.91. The second-order valence-corrected chi connectivity index (χ2v) is 5.40. The predicted octanol–water partition coefficient (Wildman–Crippen LogP) is 5.97. The summed E-state index contributed by atoms with van der Waals surface area (Å²) in [5.41, 5.74) is 5.03. The van der Waals surface area contributed by atoms with E-state index in [2.05, 4.69) is 84.9 Å². The summed E-state index contributed by atoms with van der Waals surface area (Å²) < 4.78 is 0. The van der Waals surface area contributed by atoms with E-state index in [1.165, 1.54) is 33.0 Å². The third-order valence-electron chi connectivity index (χ3n) is 4.01. The van der Waals surface area contributed by atoms with Crippen LogP contribution in [-0.4, -0.2) is 0 Å². The lowest BCUT2D eigenvalue weighted by Gasteiger charge is -2.11. The molecule has 0 aliphatic carbocycles. The van der Waals surface area contributed by atoms with E-state index >= 15 is 0 Å². The average molecular weight is 279 g/mol. The van der Waals surface area contributed by atoms with Crippen LogP contribution in [0.5, 0.6) is 0 Å². The Bertz CT molecular complexity index is 920. The number of rotatable bonds is 2. The van der Waals surface area contributed by atoms with Gasteiger partial charge < -0.3 is 0 Å². The van der Waals surface area contributed by atoms with Gasteiger partial charge in [-0.25, -0.2) is 0 Å². The molecule has 4 rings (SSSR count). The van der Waals surface area contributed by atoms with Crippen LogP contribution in [0.3, 0.4) is 0 Å². The van der Waals surface area contributed by atoms with Gasteiger partial charge in [-0.15, -0.1) is 0 Å². The van der Waals surface area contributed by atoms with Gasteiger partial charge in [-0.3, -0.25) is 0 Å². The molecule has 0 saturated carbocycles. The van der Waals surface area contributed by atoms with Crippen LogP contribution in [-0.2, 0) is 0 Å². The highest BCUT2D eigenvalue weighted by Gasteiger charge is 2.07. The monoisotopic (exact) mass is 279 g/mol. The van der Waals surface area contributed by atoms with E-state index in [9.17, 15) is 0 Å². The largest absolute Gasteiger partial charge is 0.0622 e. The van der Waals surface area contributed by atoms with E-state index in [0.717, 1.165) is 0 Å². The Hall–Kier alpha value is -2.86. The molecule has 103 valence electrons. The van der Waals surface area contributed by atoms with Crippen molar-refractivity contribution in [1.82, 2.24) is 0 Å².